The topological polar surface area (TPSA) is 90.2 Å². The van der Waals surface area contributed by atoms with Crippen LogP contribution in [0, 0.1) is 5.82 Å². The predicted octanol–water partition coefficient (Wildman–Crippen LogP) is 1.01. The summed E-state index contributed by atoms with van der Waals surface area (Å²) in [5.41, 5.74) is 9.51. The number of hydrogen-bond donors (Lipinski definition) is 1. The molecular weight excluding hydrogens is 237 g/mol. The first-order chi connectivity index (χ1) is 8.61. The van der Waals surface area contributed by atoms with Crippen LogP contribution in [-0.2, 0) is 0 Å². The number of amides is 1. The third-order valence-corrected chi connectivity index (χ3v) is 2.31. The van der Waals surface area contributed by atoms with Crippen LogP contribution in [0.25, 0.3) is 5.53 Å². The third-order valence-electron chi connectivity index (χ3n) is 2.31. The molecule has 1 aromatic rings. The molecule has 1 amide bonds. The summed E-state index contributed by atoms with van der Waals surface area (Å²) in [7, 11) is 0. The van der Waals surface area contributed by atoms with Gasteiger partial charge in [-0.15, -0.1) is 10.2 Å². The monoisotopic (exact) mass is 245 g/mol. The summed E-state index contributed by atoms with van der Waals surface area (Å²) in [6, 6.07) is 5.02. The molecule has 18 heavy (non-hydrogen) atoms. The van der Waals surface area contributed by atoms with Crippen LogP contribution in [0.5, 0.6) is 0 Å². The number of amidine groups is 1. The number of nitrogens with zero attached hydrogens (tertiary/aromatic N) is 4. The second kappa shape index (κ2) is 4.68. The van der Waals surface area contributed by atoms with Gasteiger partial charge < -0.3 is 5.53 Å². The molecule has 0 aromatic heterocycles. The Labute approximate surface area is 101 Å². The van der Waals surface area contributed by atoms with Gasteiger partial charge in [-0.1, -0.05) is 0 Å². The lowest BCUT2D eigenvalue weighted by atomic mass is 10.2. The van der Waals surface area contributed by atoms with Crippen LogP contribution in [0.3, 0.4) is 0 Å². The summed E-state index contributed by atoms with van der Waals surface area (Å²) in [6.07, 6.45) is 0. The highest BCUT2D eigenvalue weighted by atomic mass is 19.1. The van der Waals surface area contributed by atoms with E-state index in [1.54, 1.807) is 6.92 Å². The number of nitrogens with one attached hydrogen (secondary N) is 1. The van der Waals surface area contributed by atoms with Gasteiger partial charge in [0.05, 0.1) is 0 Å². The molecule has 0 atom stereocenters. The highest BCUT2D eigenvalue weighted by Crippen LogP contribution is 2.03. The fourth-order valence-corrected chi connectivity index (χ4v) is 1.38. The number of carbonyl (C=O) groups is 1. The number of hydrogen-bond acceptors (Lipinski definition) is 3. The second-order valence-electron chi connectivity index (χ2n) is 3.54. The molecule has 0 saturated carbocycles. The van der Waals surface area contributed by atoms with Crippen LogP contribution >= 0.6 is 0 Å². The standard InChI is InChI=1S/C11H8FN5O/c1-6-9(15-13)10(17-16-6)14-11(18)7-2-4-8(12)5-3-7/h2-5H,1H3,(H,14,17,18). The maximum absolute atomic E-state index is 12.7. The molecule has 1 heterocycles. The van der Waals surface area contributed by atoms with Crippen molar-refractivity contribution in [3.63, 3.8) is 0 Å². The van der Waals surface area contributed by atoms with Gasteiger partial charge in [-0.3, -0.25) is 10.1 Å². The van der Waals surface area contributed by atoms with Gasteiger partial charge in [0.15, 0.2) is 5.71 Å². The highest BCUT2D eigenvalue weighted by molar-refractivity contribution is 6.68. The smallest absolute Gasteiger partial charge is 0.361 e. The lowest BCUT2D eigenvalue weighted by molar-refractivity contribution is 0.00162. The third kappa shape index (κ3) is 2.21. The molecule has 7 heteroatoms. The first-order valence-corrected chi connectivity index (χ1v) is 5.04. The Morgan fingerprint density at radius 3 is 2.61 bits per heavy atom. The molecular formula is C11H8FN5O. The van der Waals surface area contributed by atoms with Crippen LogP contribution < -0.4 is 5.32 Å². The van der Waals surface area contributed by atoms with Crippen LogP contribution in [-0.4, -0.2) is 28.0 Å². The van der Waals surface area contributed by atoms with Gasteiger partial charge in [0, 0.05) is 5.56 Å². The van der Waals surface area contributed by atoms with Crippen molar-refractivity contribution < 1.29 is 14.0 Å². The zero-order valence-corrected chi connectivity index (χ0v) is 9.38. The highest BCUT2D eigenvalue weighted by Gasteiger charge is 2.28. The summed E-state index contributed by atoms with van der Waals surface area (Å²) in [4.78, 5) is 14.8. The molecule has 0 fully saturated rings. The summed E-state index contributed by atoms with van der Waals surface area (Å²) >= 11 is 0. The van der Waals surface area contributed by atoms with E-state index in [9.17, 15) is 9.18 Å². The minimum Gasteiger partial charge on any atom is -0.361 e. The van der Waals surface area contributed by atoms with Crippen molar-refractivity contribution >= 4 is 23.2 Å². The minimum atomic E-state index is -0.486. The largest absolute Gasteiger partial charge is 0.382 e. The van der Waals surface area contributed by atoms with Crippen molar-refractivity contribution in [2.45, 2.75) is 6.92 Å². The SMILES string of the molecule is CC1=NN=C(NC(=O)c2ccc(F)cc2)C1=[N+]=[N-]. The van der Waals surface area contributed by atoms with E-state index in [2.05, 4.69) is 20.3 Å². The van der Waals surface area contributed by atoms with Crippen LogP contribution in [0.2, 0.25) is 0 Å². The predicted molar refractivity (Wildman–Crippen MR) is 63.0 cm³/mol. The Morgan fingerprint density at radius 2 is 2.00 bits per heavy atom. The van der Waals surface area contributed by atoms with Crippen molar-refractivity contribution in [1.82, 2.24) is 5.32 Å². The first kappa shape index (κ1) is 11.8. The average Bonchev–Trinajstić information content (AvgIpc) is 2.70. The summed E-state index contributed by atoms with van der Waals surface area (Å²) in [5, 5.41) is 9.76. The molecule has 0 radical (unpaired) electrons. The molecule has 90 valence electrons. The van der Waals surface area contributed by atoms with Crippen molar-refractivity contribution in [3.8, 4) is 0 Å². The number of benzene rings is 1. The van der Waals surface area contributed by atoms with Gasteiger partial charge >= 0.3 is 5.71 Å². The van der Waals surface area contributed by atoms with Gasteiger partial charge in [-0.2, -0.15) is 4.79 Å². The fraction of sp³-hybridized carbons (Fsp3) is 0.0909. The Hall–Kier alpha value is -2.66. The summed E-state index contributed by atoms with van der Waals surface area (Å²) in [6.45, 7) is 1.59. The molecule has 2 rings (SSSR count). The number of carbonyl (C=O) groups excluding carboxylic acids is 1. The molecule has 1 aromatic carbocycles. The van der Waals surface area contributed by atoms with E-state index in [0.29, 0.717) is 5.71 Å². The lowest BCUT2D eigenvalue weighted by Gasteiger charge is -2.01. The van der Waals surface area contributed by atoms with Crippen molar-refractivity contribution in [1.29, 1.82) is 0 Å². The van der Waals surface area contributed by atoms with Crippen molar-refractivity contribution in [3.05, 3.63) is 41.2 Å². The van der Waals surface area contributed by atoms with E-state index in [-0.39, 0.29) is 17.1 Å². The van der Waals surface area contributed by atoms with Gasteiger partial charge in [-0.05, 0) is 31.2 Å². The maximum Gasteiger partial charge on any atom is 0.382 e. The maximum atomic E-state index is 12.7. The van der Waals surface area contributed by atoms with E-state index >= 15 is 0 Å². The molecule has 0 aliphatic carbocycles. The van der Waals surface area contributed by atoms with Crippen LogP contribution in [0.1, 0.15) is 17.3 Å². The van der Waals surface area contributed by atoms with Crippen molar-refractivity contribution in [2.75, 3.05) is 0 Å². The Balaban J connectivity index is 2.15. The molecule has 1 aliphatic rings. The van der Waals surface area contributed by atoms with Crippen LogP contribution in [0.4, 0.5) is 4.39 Å². The van der Waals surface area contributed by atoms with Gasteiger partial charge in [-0.25, -0.2) is 4.39 Å². The fourth-order valence-electron chi connectivity index (χ4n) is 1.38. The summed E-state index contributed by atoms with van der Waals surface area (Å²) in [5.74, 6) is -0.856. The Kier molecular flexibility index (Phi) is 3.07. The normalized spacial score (nSPS) is 13.8. The first-order valence-electron chi connectivity index (χ1n) is 5.04. The van der Waals surface area contributed by atoms with E-state index in [1.165, 1.54) is 24.3 Å². The van der Waals surface area contributed by atoms with E-state index < -0.39 is 11.7 Å². The molecule has 1 N–H and O–H groups in total. The molecule has 1 aliphatic heterocycles. The zero-order chi connectivity index (χ0) is 13.1. The van der Waals surface area contributed by atoms with Gasteiger partial charge in [0.2, 0.25) is 5.84 Å². The Bertz CT molecular complexity index is 611. The lowest BCUT2D eigenvalue weighted by Crippen LogP contribution is -2.37. The molecule has 0 saturated heterocycles. The molecule has 6 nitrogen and oxygen atoms in total. The average molecular weight is 245 g/mol. The van der Waals surface area contributed by atoms with E-state index in [4.69, 9.17) is 5.53 Å². The molecule has 0 bridgehead atoms. The quantitative estimate of drug-likeness (QED) is 0.580. The van der Waals surface area contributed by atoms with Gasteiger partial charge in [0.25, 0.3) is 5.91 Å². The molecule has 0 unspecified atom stereocenters. The van der Waals surface area contributed by atoms with E-state index in [1.807, 2.05) is 0 Å². The van der Waals surface area contributed by atoms with E-state index in [0.717, 1.165) is 0 Å². The number of rotatable bonds is 1. The van der Waals surface area contributed by atoms with Crippen LogP contribution in [0.15, 0.2) is 34.5 Å². The molecule has 0 spiro atoms. The van der Waals surface area contributed by atoms with Gasteiger partial charge in [0.1, 0.15) is 5.82 Å². The second-order valence-corrected chi connectivity index (χ2v) is 3.54. The zero-order valence-electron chi connectivity index (χ0n) is 9.38. The Morgan fingerprint density at radius 1 is 1.33 bits per heavy atom. The van der Waals surface area contributed by atoms with Crippen molar-refractivity contribution in [2.24, 2.45) is 10.2 Å². The minimum absolute atomic E-state index is 0.0596. The summed E-state index contributed by atoms with van der Waals surface area (Å²) < 4.78 is 12.7. The number of halogens is 1.